The summed E-state index contributed by atoms with van der Waals surface area (Å²) in [6, 6.07) is 7.79. The molecule has 2 N–H and O–H groups in total. The molecule has 0 fully saturated rings. The van der Waals surface area contributed by atoms with Gasteiger partial charge in [-0.3, -0.25) is 0 Å². The Labute approximate surface area is 123 Å². The van der Waals surface area contributed by atoms with Gasteiger partial charge in [-0.1, -0.05) is 23.7 Å². The van der Waals surface area contributed by atoms with Crippen molar-refractivity contribution >= 4 is 23.1 Å². The first kappa shape index (κ1) is 14.4. The molecule has 0 aliphatic carbocycles. The number of anilines is 2. The number of hydrogen-bond donors (Lipinski definition) is 1. The van der Waals surface area contributed by atoms with Crippen LogP contribution in [0.15, 0.2) is 30.6 Å². The van der Waals surface area contributed by atoms with Crippen molar-refractivity contribution in [3.63, 3.8) is 0 Å². The molecule has 5 nitrogen and oxygen atoms in total. The van der Waals surface area contributed by atoms with E-state index < -0.39 is 0 Å². The highest BCUT2D eigenvalue weighted by atomic mass is 35.5. The molecule has 106 valence electrons. The van der Waals surface area contributed by atoms with Crippen molar-refractivity contribution in [2.24, 2.45) is 0 Å². The average molecular weight is 293 g/mol. The Morgan fingerprint density at radius 1 is 1.25 bits per heavy atom. The number of nitrogens with two attached hydrogens (primary N) is 1. The largest absolute Gasteiger partial charge is 0.479 e. The Morgan fingerprint density at radius 3 is 2.50 bits per heavy atom. The smallest absolute Gasteiger partial charge is 0.242 e. The standard InChI is InChI=1S/C14H17ClN4O/c1-9(10-4-6-11(15)7-5-10)19(2)13-12(16)14(20-3)18-8-17-13/h4-9H,16H2,1-3H3. The second kappa shape index (κ2) is 5.96. The maximum absolute atomic E-state index is 6.02. The third-order valence-corrected chi connectivity index (χ3v) is 3.54. The summed E-state index contributed by atoms with van der Waals surface area (Å²) in [5, 5.41) is 0.715. The maximum atomic E-state index is 6.02. The number of nitrogen functional groups attached to an aromatic ring is 1. The Hall–Kier alpha value is -2.01. The maximum Gasteiger partial charge on any atom is 0.242 e. The quantitative estimate of drug-likeness (QED) is 0.938. The van der Waals surface area contributed by atoms with E-state index in [0.29, 0.717) is 22.4 Å². The third kappa shape index (κ3) is 2.77. The molecule has 0 saturated heterocycles. The molecular formula is C14H17ClN4O. The van der Waals surface area contributed by atoms with Crippen molar-refractivity contribution in [1.29, 1.82) is 0 Å². The first-order valence-electron chi connectivity index (χ1n) is 6.17. The summed E-state index contributed by atoms with van der Waals surface area (Å²) in [6.07, 6.45) is 1.44. The van der Waals surface area contributed by atoms with E-state index in [1.807, 2.05) is 36.2 Å². The van der Waals surface area contributed by atoms with Crippen molar-refractivity contribution in [3.8, 4) is 5.88 Å². The topological polar surface area (TPSA) is 64.3 Å². The molecule has 0 spiro atoms. The lowest BCUT2D eigenvalue weighted by molar-refractivity contribution is 0.399. The van der Waals surface area contributed by atoms with Crippen molar-refractivity contribution in [3.05, 3.63) is 41.2 Å². The highest BCUT2D eigenvalue weighted by Gasteiger charge is 2.18. The van der Waals surface area contributed by atoms with Crippen LogP contribution in [0.3, 0.4) is 0 Å². The Morgan fingerprint density at radius 2 is 1.90 bits per heavy atom. The summed E-state index contributed by atoms with van der Waals surface area (Å²) in [5.41, 5.74) is 7.57. The van der Waals surface area contributed by atoms with Crippen LogP contribution >= 0.6 is 11.6 Å². The van der Waals surface area contributed by atoms with Crippen LogP contribution in [0.5, 0.6) is 5.88 Å². The second-order valence-corrected chi connectivity index (χ2v) is 4.90. The molecule has 0 amide bonds. The summed E-state index contributed by atoms with van der Waals surface area (Å²) in [5.74, 6) is 1.02. The van der Waals surface area contributed by atoms with Gasteiger partial charge < -0.3 is 15.4 Å². The monoisotopic (exact) mass is 292 g/mol. The number of ether oxygens (including phenoxy) is 1. The predicted molar refractivity (Wildman–Crippen MR) is 81.3 cm³/mol. The van der Waals surface area contributed by atoms with Crippen LogP contribution in [0.25, 0.3) is 0 Å². The molecule has 0 radical (unpaired) electrons. The summed E-state index contributed by atoms with van der Waals surface area (Å²) in [7, 11) is 3.46. The summed E-state index contributed by atoms with van der Waals surface area (Å²) in [4.78, 5) is 10.2. The summed E-state index contributed by atoms with van der Waals surface area (Å²) in [6.45, 7) is 2.07. The SMILES string of the molecule is COc1ncnc(N(C)C(C)c2ccc(Cl)cc2)c1N. The first-order chi connectivity index (χ1) is 9.54. The van der Waals surface area contributed by atoms with Gasteiger partial charge in [0.05, 0.1) is 13.2 Å². The zero-order valence-electron chi connectivity index (χ0n) is 11.7. The Balaban J connectivity index is 2.31. The molecule has 1 aromatic heterocycles. The number of benzene rings is 1. The highest BCUT2D eigenvalue weighted by molar-refractivity contribution is 6.30. The summed E-state index contributed by atoms with van der Waals surface area (Å²) < 4.78 is 5.12. The van der Waals surface area contributed by atoms with E-state index in [1.165, 1.54) is 13.4 Å². The van der Waals surface area contributed by atoms with Gasteiger partial charge in [-0.15, -0.1) is 0 Å². The number of nitrogens with zero attached hydrogens (tertiary/aromatic N) is 3. The van der Waals surface area contributed by atoms with E-state index in [2.05, 4.69) is 16.9 Å². The van der Waals surface area contributed by atoms with Crippen molar-refractivity contribution in [2.45, 2.75) is 13.0 Å². The minimum Gasteiger partial charge on any atom is -0.479 e. The van der Waals surface area contributed by atoms with E-state index in [1.54, 1.807) is 0 Å². The van der Waals surface area contributed by atoms with Crippen LogP contribution in [0, 0.1) is 0 Å². The van der Waals surface area contributed by atoms with E-state index in [-0.39, 0.29) is 6.04 Å². The number of rotatable bonds is 4. The highest BCUT2D eigenvalue weighted by Crippen LogP contribution is 2.32. The molecule has 1 heterocycles. The van der Waals surface area contributed by atoms with Gasteiger partial charge >= 0.3 is 0 Å². The minimum atomic E-state index is 0.0918. The molecule has 1 atom stereocenters. The van der Waals surface area contributed by atoms with Crippen LogP contribution < -0.4 is 15.4 Å². The van der Waals surface area contributed by atoms with Gasteiger partial charge in [0.1, 0.15) is 12.0 Å². The first-order valence-corrected chi connectivity index (χ1v) is 6.55. The van der Waals surface area contributed by atoms with Crippen molar-refractivity contribution in [2.75, 3.05) is 24.8 Å². The van der Waals surface area contributed by atoms with Gasteiger partial charge in [-0.25, -0.2) is 4.98 Å². The summed E-state index contributed by atoms with van der Waals surface area (Å²) >= 11 is 5.91. The van der Waals surface area contributed by atoms with Crippen LogP contribution in [0.4, 0.5) is 11.5 Å². The lowest BCUT2D eigenvalue weighted by atomic mass is 10.1. The minimum absolute atomic E-state index is 0.0918. The Kier molecular flexibility index (Phi) is 4.29. The van der Waals surface area contributed by atoms with E-state index in [0.717, 1.165) is 5.56 Å². The fourth-order valence-electron chi connectivity index (χ4n) is 1.96. The van der Waals surface area contributed by atoms with Crippen LogP contribution in [0.1, 0.15) is 18.5 Å². The number of methoxy groups -OCH3 is 1. The van der Waals surface area contributed by atoms with Gasteiger partial charge in [0, 0.05) is 12.1 Å². The van der Waals surface area contributed by atoms with E-state index >= 15 is 0 Å². The van der Waals surface area contributed by atoms with Gasteiger partial charge in [-0.05, 0) is 24.6 Å². The van der Waals surface area contributed by atoms with Crippen molar-refractivity contribution in [1.82, 2.24) is 9.97 Å². The molecule has 0 bridgehead atoms. The lowest BCUT2D eigenvalue weighted by Gasteiger charge is -2.27. The van der Waals surface area contributed by atoms with E-state index in [9.17, 15) is 0 Å². The molecular weight excluding hydrogens is 276 g/mol. The third-order valence-electron chi connectivity index (χ3n) is 3.29. The molecule has 0 saturated carbocycles. The number of hydrogen-bond acceptors (Lipinski definition) is 5. The predicted octanol–water partition coefficient (Wildman–Crippen LogP) is 2.92. The molecule has 6 heteroatoms. The zero-order valence-corrected chi connectivity index (χ0v) is 12.4. The average Bonchev–Trinajstić information content (AvgIpc) is 2.47. The molecule has 2 rings (SSSR count). The second-order valence-electron chi connectivity index (χ2n) is 4.46. The Bertz CT molecular complexity index is 588. The lowest BCUT2D eigenvalue weighted by Crippen LogP contribution is -2.24. The molecule has 0 aliphatic rings. The zero-order chi connectivity index (χ0) is 14.7. The number of aromatic nitrogens is 2. The van der Waals surface area contributed by atoms with E-state index in [4.69, 9.17) is 22.1 Å². The molecule has 0 aliphatic heterocycles. The normalized spacial score (nSPS) is 12.0. The molecule has 2 aromatic rings. The van der Waals surface area contributed by atoms with Crippen LogP contribution in [0.2, 0.25) is 5.02 Å². The van der Waals surface area contributed by atoms with Gasteiger partial charge in [-0.2, -0.15) is 4.98 Å². The number of halogens is 1. The van der Waals surface area contributed by atoms with Gasteiger partial charge in [0.15, 0.2) is 5.82 Å². The van der Waals surface area contributed by atoms with Gasteiger partial charge in [0.25, 0.3) is 0 Å². The van der Waals surface area contributed by atoms with Gasteiger partial charge in [0.2, 0.25) is 5.88 Å². The van der Waals surface area contributed by atoms with Crippen LogP contribution in [-0.2, 0) is 0 Å². The molecule has 1 aromatic carbocycles. The van der Waals surface area contributed by atoms with Crippen molar-refractivity contribution < 1.29 is 4.74 Å². The van der Waals surface area contributed by atoms with Crippen LogP contribution in [-0.4, -0.2) is 24.1 Å². The fraction of sp³-hybridized carbons (Fsp3) is 0.286. The fourth-order valence-corrected chi connectivity index (χ4v) is 2.09. The molecule has 20 heavy (non-hydrogen) atoms. The molecule has 1 unspecified atom stereocenters.